The minimum absolute atomic E-state index is 0.224. The maximum atomic E-state index is 6.17. The van der Waals surface area contributed by atoms with Crippen molar-refractivity contribution in [3.63, 3.8) is 0 Å². The molecule has 2 heterocycles. The molecule has 6 heteroatoms. The second kappa shape index (κ2) is 5.36. The number of nitrogens with one attached hydrogen (secondary N) is 1. The van der Waals surface area contributed by atoms with Gasteiger partial charge in [0.2, 0.25) is 6.79 Å². The van der Waals surface area contributed by atoms with Gasteiger partial charge in [0.25, 0.3) is 0 Å². The number of nitrogens with zero attached hydrogens (tertiary/aromatic N) is 1. The number of rotatable bonds is 4. The van der Waals surface area contributed by atoms with Gasteiger partial charge in [0.1, 0.15) is 5.01 Å². The van der Waals surface area contributed by atoms with E-state index in [1.807, 2.05) is 12.1 Å². The average molecular weight is 297 g/mol. The summed E-state index contributed by atoms with van der Waals surface area (Å²) in [7, 11) is 0. The first-order chi connectivity index (χ1) is 9.28. The SMILES string of the molecule is CCNCc1csc(-c2cc(Cl)c3c(c2)OCO3)n1. The zero-order chi connectivity index (χ0) is 13.2. The molecule has 0 unspecified atom stereocenters. The molecule has 0 fully saturated rings. The van der Waals surface area contributed by atoms with Crippen LogP contribution in [0, 0.1) is 0 Å². The van der Waals surface area contributed by atoms with Crippen molar-refractivity contribution in [3.8, 4) is 22.1 Å². The Bertz CT molecular complexity index is 600. The summed E-state index contributed by atoms with van der Waals surface area (Å²) in [6.07, 6.45) is 0. The fraction of sp³-hybridized carbons (Fsp3) is 0.308. The second-order valence-corrected chi connectivity index (χ2v) is 5.38. The predicted molar refractivity (Wildman–Crippen MR) is 76.1 cm³/mol. The van der Waals surface area contributed by atoms with Gasteiger partial charge in [-0.25, -0.2) is 4.98 Å². The molecule has 1 aromatic carbocycles. The molecule has 0 saturated carbocycles. The molecule has 19 heavy (non-hydrogen) atoms. The van der Waals surface area contributed by atoms with Crippen LogP contribution in [0.25, 0.3) is 10.6 Å². The molecule has 1 aliphatic rings. The third-order valence-corrected chi connectivity index (χ3v) is 4.00. The Kier molecular flexibility index (Phi) is 3.59. The van der Waals surface area contributed by atoms with E-state index in [0.29, 0.717) is 16.5 Å². The zero-order valence-electron chi connectivity index (χ0n) is 10.4. The van der Waals surface area contributed by atoms with Gasteiger partial charge < -0.3 is 14.8 Å². The Hall–Kier alpha value is -1.30. The molecular weight excluding hydrogens is 284 g/mol. The molecular formula is C13H13ClN2O2S. The smallest absolute Gasteiger partial charge is 0.231 e. The summed E-state index contributed by atoms with van der Waals surface area (Å²) in [5.41, 5.74) is 2.00. The maximum absolute atomic E-state index is 6.17. The lowest BCUT2D eigenvalue weighted by Crippen LogP contribution is -2.11. The number of hydrogen-bond acceptors (Lipinski definition) is 5. The van der Waals surface area contributed by atoms with Crippen molar-refractivity contribution < 1.29 is 9.47 Å². The quantitative estimate of drug-likeness (QED) is 0.940. The van der Waals surface area contributed by atoms with Crippen molar-refractivity contribution in [3.05, 3.63) is 28.2 Å². The highest BCUT2D eigenvalue weighted by Gasteiger charge is 2.19. The number of benzene rings is 1. The molecule has 3 rings (SSSR count). The van der Waals surface area contributed by atoms with Crippen LogP contribution in [0.15, 0.2) is 17.5 Å². The van der Waals surface area contributed by atoms with Crippen LogP contribution in [0.2, 0.25) is 5.02 Å². The van der Waals surface area contributed by atoms with Crippen molar-refractivity contribution in [2.24, 2.45) is 0 Å². The molecule has 0 saturated heterocycles. The lowest BCUT2D eigenvalue weighted by molar-refractivity contribution is 0.174. The summed E-state index contributed by atoms with van der Waals surface area (Å²) in [6.45, 7) is 4.01. The molecule has 1 aromatic heterocycles. The van der Waals surface area contributed by atoms with Crippen molar-refractivity contribution in [1.82, 2.24) is 10.3 Å². The minimum Gasteiger partial charge on any atom is -0.454 e. The van der Waals surface area contributed by atoms with Crippen molar-refractivity contribution in [2.75, 3.05) is 13.3 Å². The highest BCUT2D eigenvalue weighted by molar-refractivity contribution is 7.13. The molecule has 2 aromatic rings. The Balaban J connectivity index is 1.90. The molecule has 1 N–H and O–H groups in total. The fourth-order valence-corrected chi connectivity index (χ4v) is 2.94. The van der Waals surface area contributed by atoms with Crippen LogP contribution in [0.1, 0.15) is 12.6 Å². The molecule has 0 radical (unpaired) electrons. The summed E-state index contributed by atoms with van der Waals surface area (Å²) >= 11 is 7.78. The first-order valence-electron chi connectivity index (χ1n) is 6.02. The van der Waals surface area contributed by atoms with Gasteiger partial charge in [-0.1, -0.05) is 18.5 Å². The largest absolute Gasteiger partial charge is 0.454 e. The Morgan fingerprint density at radius 2 is 2.32 bits per heavy atom. The fourth-order valence-electron chi connectivity index (χ4n) is 1.86. The highest BCUT2D eigenvalue weighted by Crippen LogP contribution is 2.42. The molecule has 100 valence electrons. The number of thiazole rings is 1. The van der Waals surface area contributed by atoms with Crippen LogP contribution in [0.3, 0.4) is 0 Å². The van der Waals surface area contributed by atoms with Crippen LogP contribution in [-0.4, -0.2) is 18.3 Å². The summed E-state index contributed by atoms with van der Waals surface area (Å²) in [4.78, 5) is 4.59. The van der Waals surface area contributed by atoms with Gasteiger partial charge >= 0.3 is 0 Å². The van der Waals surface area contributed by atoms with Gasteiger partial charge in [0.05, 0.1) is 10.7 Å². The van der Waals surface area contributed by atoms with Crippen molar-refractivity contribution >= 4 is 22.9 Å². The molecule has 0 bridgehead atoms. The summed E-state index contributed by atoms with van der Waals surface area (Å²) in [6, 6.07) is 3.79. The van der Waals surface area contributed by atoms with E-state index in [4.69, 9.17) is 21.1 Å². The van der Waals surface area contributed by atoms with Crippen LogP contribution in [0.4, 0.5) is 0 Å². The number of halogens is 1. The number of hydrogen-bond donors (Lipinski definition) is 1. The third-order valence-electron chi connectivity index (χ3n) is 2.78. The molecule has 4 nitrogen and oxygen atoms in total. The molecule has 0 atom stereocenters. The van der Waals surface area contributed by atoms with E-state index >= 15 is 0 Å². The predicted octanol–water partition coefficient (Wildman–Crippen LogP) is 3.30. The van der Waals surface area contributed by atoms with Gasteiger partial charge in [-0.05, 0) is 18.7 Å². The van der Waals surface area contributed by atoms with Crippen molar-refractivity contribution in [1.29, 1.82) is 0 Å². The zero-order valence-corrected chi connectivity index (χ0v) is 12.0. The lowest BCUT2D eigenvalue weighted by atomic mass is 10.2. The Morgan fingerprint density at radius 1 is 1.42 bits per heavy atom. The molecule has 1 aliphatic heterocycles. The standard InChI is InChI=1S/C13H13ClN2O2S/c1-2-15-5-9-6-19-13(16-9)8-3-10(14)12-11(4-8)17-7-18-12/h3-4,6,15H,2,5,7H2,1H3. The van der Waals surface area contributed by atoms with Gasteiger partial charge in [-0.2, -0.15) is 0 Å². The van der Waals surface area contributed by atoms with E-state index in [-0.39, 0.29) is 6.79 Å². The van der Waals surface area contributed by atoms with Crippen LogP contribution in [-0.2, 0) is 6.54 Å². The number of ether oxygens (including phenoxy) is 2. The minimum atomic E-state index is 0.224. The number of aromatic nitrogens is 1. The Morgan fingerprint density at radius 3 is 3.16 bits per heavy atom. The van der Waals surface area contributed by atoms with Gasteiger partial charge in [0, 0.05) is 17.5 Å². The summed E-state index contributed by atoms with van der Waals surface area (Å²) in [5.74, 6) is 1.31. The van der Waals surface area contributed by atoms with E-state index in [1.54, 1.807) is 11.3 Å². The number of fused-ring (bicyclic) bond motifs is 1. The van der Waals surface area contributed by atoms with E-state index in [1.165, 1.54) is 0 Å². The summed E-state index contributed by atoms with van der Waals surface area (Å²) in [5, 5.41) is 6.81. The molecule has 0 spiro atoms. The van der Waals surface area contributed by atoms with Gasteiger partial charge in [-0.15, -0.1) is 11.3 Å². The van der Waals surface area contributed by atoms with E-state index in [0.717, 1.165) is 29.4 Å². The van der Waals surface area contributed by atoms with Crippen LogP contribution >= 0.6 is 22.9 Å². The first kappa shape index (κ1) is 12.7. The monoisotopic (exact) mass is 296 g/mol. The third kappa shape index (κ3) is 2.54. The molecule has 0 amide bonds. The normalized spacial score (nSPS) is 12.9. The topological polar surface area (TPSA) is 43.4 Å². The molecule has 0 aliphatic carbocycles. The van der Waals surface area contributed by atoms with Crippen molar-refractivity contribution in [2.45, 2.75) is 13.5 Å². The van der Waals surface area contributed by atoms with E-state index < -0.39 is 0 Å². The Labute approximate surface area is 120 Å². The lowest BCUT2D eigenvalue weighted by Gasteiger charge is -2.02. The summed E-state index contributed by atoms with van der Waals surface area (Å²) < 4.78 is 10.7. The first-order valence-corrected chi connectivity index (χ1v) is 7.28. The average Bonchev–Trinajstić information content (AvgIpc) is 3.05. The second-order valence-electron chi connectivity index (χ2n) is 4.12. The van der Waals surface area contributed by atoms with E-state index in [2.05, 4.69) is 22.6 Å². The maximum Gasteiger partial charge on any atom is 0.231 e. The van der Waals surface area contributed by atoms with Crippen LogP contribution < -0.4 is 14.8 Å². The van der Waals surface area contributed by atoms with Crippen LogP contribution in [0.5, 0.6) is 11.5 Å². The van der Waals surface area contributed by atoms with E-state index in [9.17, 15) is 0 Å². The van der Waals surface area contributed by atoms with Gasteiger partial charge in [0.15, 0.2) is 11.5 Å². The highest BCUT2D eigenvalue weighted by atomic mass is 35.5. The van der Waals surface area contributed by atoms with Gasteiger partial charge in [-0.3, -0.25) is 0 Å².